The third-order valence-corrected chi connectivity index (χ3v) is 4.36. The zero-order chi connectivity index (χ0) is 18.4. The van der Waals surface area contributed by atoms with E-state index < -0.39 is 0 Å². The van der Waals surface area contributed by atoms with Gasteiger partial charge in [0.1, 0.15) is 5.75 Å². The summed E-state index contributed by atoms with van der Waals surface area (Å²) in [6.45, 7) is 2.93. The fourth-order valence-corrected chi connectivity index (χ4v) is 2.87. The summed E-state index contributed by atoms with van der Waals surface area (Å²) in [6.07, 6.45) is 3.26. The predicted molar refractivity (Wildman–Crippen MR) is 105 cm³/mol. The highest BCUT2D eigenvalue weighted by Gasteiger charge is 2.16. The lowest BCUT2D eigenvalue weighted by Gasteiger charge is -2.30. The molecule has 1 amide bonds. The van der Waals surface area contributed by atoms with Crippen molar-refractivity contribution in [2.75, 3.05) is 43.6 Å². The molecule has 1 saturated heterocycles. The minimum atomic E-state index is -0.206. The molecule has 3 rings (SSSR count). The number of hydrogen-bond acceptors (Lipinski definition) is 4. The summed E-state index contributed by atoms with van der Waals surface area (Å²) in [7, 11) is 1.61. The van der Waals surface area contributed by atoms with Crippen LogP contribution >= 0.6 is 11.6 Å². The summed E-state index contributed by atoms with van der Waals surface area (Å²) in [5.74, 6) is 0.488. The molecule has 0 saturated carbocycles. The van der Waals surface area contributed by atoms with Crippen molar-refractivity contribution >= 4 is 35.0 Å². The van der Waals surface area contributed by atoms with Crippen LogP contribution in [0.4, 0.5) is 11.4 Å². The first kappa shape index (κ1) is 18.3. The van der Waals surface area contributed by atoms with Gasteiger partial charge < -0.3 is 19.7 Å². The molecule has 1 aliphatic rings. The first-order valence-electron chi connectivity index (χ1n) is 8.41. The highest BCUT2D eigenvalue weighted by atomic mass is 35.5. The van der Waals surface area contributed by atoms with E-state index in [2.05, 4.69) is 10.2 Å². The number of halogens is 1. The lowest BCUT2D eigenvalue weighted by molar-refractivity contribution is -0.111. The van der Waals surface area contributed by atoms with Gasteiger partial charge >= 0.3 is 0 Å². The molecule has 6 heteroatoms. The van der Waals surface area contributed by atoms with E-state index in [1.165, 1.54) is 6.08 Å². The molecular weight excluding hydrogens is 352 g/mol. The predicted octanol–water partition coefficient (Wildman–Crippen LogP) is 3.84. The molecule has 1 aliphatic heterocycles. The van der Waals surface area contributed by atoms with Crippen molar-refractivity contribution < 1.29 is 14.3 Å². The number of anilines is 2. The minimum absolute atomic E-state index is 0.206. The molecule has 0 aromatic heterocycles. The Hall–Kier alpha value is -2.50. The number of carbonyl (C=O) groups excluding carboxylic acids is 1. The van der Waals surface area contributed by atoms with Gasteiger partial charge in [0.25, 0.3) is 0 Å². The van der Waals surface area contributed by atoms with Gasteiger partial charge in [0.05, 0.1) is 31.7 Å². The summed E-state index contributed by atoms with van der Waals surface area (Å²) in [4.78, 5) is 14.6. The number of carbonyl (C=O) groups is 1. The number of amides is 1. The smallest absolute Gasteiger partial charge is 0.248 e. The first-order chi connectivity index (χ1) is 12.7. The topological polar surface area (TPSA) is 50.8 Å². The van der Waals surface area contributed by atoms with Crippen LogP contribution in [0.1, 0.15) is 5.56 Å². The van der Waals surface area contributed by atoms with Gasteiger partial charge in [0.15, 0.2) is 0 Å². The molecule has 2 aromatic rings. The fraction of sp³-hybridized carbons (Fsp3) is 0.250. The van der Waals surface area contributed by atoms with Crippen LogP contribution in [0.15, 0.2) is 48.5 Å². The third-order valence-electron chi connectivity index (χ3n) is 4.11. The van der Waals surface area contributed by atoms with Gasteiger partial charge in [-0.05, 0) is 35.9 Å². The molecule has 136 valence electrons. The molecule has 0 spiro atoms. The first-order valence-corrected chi connectivity index (χ1v) is 8.79. The van der Waals surface area contributed by atoms with Crippen LogP contribution in [-0.4, -0.2) is 39.3 Å². The quantitative estimate of drug-likeness (QED) is 0.810. The third kappa shape index (κ3) is 4.77. The summed E-state index contributed by atoms with van der Waals surface area (Å²) < 4.78 is 10.7. The number of nitrogens with one attached hydrogen (secondary N) is 1. The van der Waals surface area contributed by atoms with E-state index in [1.54, 1.807) is 25.3 Å². The van der Waals surface area contributed by atoms with E-state index in [0.717, 1.165) is 30.0 Å². The molecule has 5 nitrogen and oxygen atoms in total. The summed E-state index contributed by atoms with van der Waals surface area (Å²) in [6, 6.07) is 13.0. The lowest BCUT2D eigenvalue weighted by atomic mass is 10.2. The lowest BCUT2D eigenvalue weighted by Crippen LogP contribution is -2.36. The maximum Gasteiger partial charge on any atom is 0.248 e. The van der Waals surface area contributed by atoms with Crippen molar-refractivity contribution in [1.82, 2.24) is 0 Å². The van der Waals surface area contributed by atoms with Gasteiger partial charge in [-0.3, -0.25) is 4.79 Å². The SMILES string of the molecule is COc1ccc(N2CCOCC2)c(NC(=O)C=Cc2ccc(Cl)cc2)c1. The van der Waals surface area contributed by atoms with Crippen LogP contribution < -0.4 is 15.0 Å². The summed E-state index contributed by atoms with van der Waals surface area (Å²) in [5.41, 5.74) is 2.59. The van der Waals surface area contributed by atoms with Gasteiger partial charge in [-0.2, -0.15) is 0 Å². The molecule has 0 unspecified atom stereocenters. The number of rotatable bonds is 5. The number of hydrogen-bond donors (Lipinski definition) is 1. The standard InChI is InChI=1S/C20H21ClN2O3/c1-25-17-7-8-19(23-10-12-26-13-11-23)18(14-17)22-20(24)9-4-15-2-5-16(21)6-3-15/h2-9,14H,10-13H2,1H3,(H,22,24). The monoisotopic (exact) mass is 372 g/mol. The zero-order valence-corrected chi connectivity index (χ0v) is 15.3. The Morgan fingerprint density at radius 3 is 2.62 bits per heavy atom. The highest BCUT2D eigenvalue weighted by molar-refractivity contribution is 6.30. The molecule has 0 radical (unpaired) electrons. The molecule has 1 fully saturated rings. The van der Waals surface area contributed by atoms with Crippen molar-refractivity contribution in [3.05, 3.63) is 59.1 Å². The summed E-state index contributed by atoms with van der Waals surface area (Å²) in [5, 5.41) is 3.61. The average molecular weight is 373 g/mol. The molecule has 1 N–H and O–H groups in total. The Kier molecular flexibility index (Phi) is 6.15. The normalized spacial score (nSPS) is 14.5. The van der Waals surface area contributed by atoms with Gasteiger partial charge in [0.2, 0.25) is 5.91 Å². The van der Waals surface area contributed by atoms with Crippen molar-refractivity contribution in [3.63, 3.8) is 0 Å². The van der Waals surface area contributed by atoms with Gasteiger partial charge in [-0.25, -0.2) is 0 Å². The van der Waals surface area contributed by atoms with E-state index in [1.807, 2.05) is 30.3 Å². The van der Waals surface area contributed by atoms with E-state index in [-0.39, 0.29) is 5.91 Å². The van der Waals surface area contributed by atoms with Gasteiger partial charge in [-0.1, -0.05) is 23.7 Å². The van der Waals surface area contributed by atoms with E-state index in [9.17, 15) is 4.79 Å². The molecule has 26 heavy (non-hydrogen) atoms. The molecule has 0 bridgehead atoms. The molecule has 2 aromatic carbocycles. The Bertz CT molecular complexity index is 784. The molecular formula is C20H21ClN2O3. The van der Waals surface area contributed by atoms with Crippen LogP contribution in [0.5, 0.6) is 5.75 Å². The molecule has 0 atom stereocenters. The number of ether oxygens (including phenoxy) is 2. The second kappa shape index (κ2) is 8.74. The maximum absolute atomic E-state index is 12.4. The Morgan fingerprint density at radius 2 is 1.92 bits per heavy atom. The number of morpholine rings is 1. The van der Waals surface area contributed by atoms with Crippen LogP contribution in [0.25, 0.3) is 6.08 Å². The molecule has 0 aliphatic carbocycles. The maximum atomic E-state index is 12.4. The number of nitrogens with zero attached hydrogens (tertiary/aromatic N) is 1. The second-order valence-electron chi connectivity index (χ2n) is 5.86. The fourth-order valence-electron chi connectivity index (χ4n) is 2.74. The Morgan fingerprint density at radius 1 is 1.19 bits per heavy atom. The highest BCUT2D eigenvalue weighted by Crippen LogP contribution is 2.31. The summed E-state index contributed by atoms with van der Waals surface area (Å²) >= 11 is 5.87. The van der Waals surface area contributed by atoms with Crippen LogP contribution in [0.3, 0.4) is 0 Å². The Balaban J connectivity index is 1.76. The van der Waals surface area contributed by atoms with Crippen LogP contribution in [0.2, 0.25) is 5.02 Å². The van der Waals surface area contributed by atoms with Crippen molar-refractivity contribution in [1.29, 1.82) is 0 Å². The van der Waals surface area contributed by atoms with E-state index >= 15 is 0 Å². The van der Waals surface area contributed by atoms with E-state index in [0.29, 0.717) is 24.0 Å². The number of benzene rings is 2. The van der Waals surface area contributed by atoms with Crippen molar-refractivity contribution in [3.8, 4) is 5.75 Å². The van der Waals surface area contributed by atoms with Gasteiger partial charge in [0, 0.05) is 30.3 Å². The van der Waals surface area contributed by atoms with Crippen LogP contribution in [-0.2, 0) is 9.53 Å². The second-order valence-corrected chi connectivity index (χ2v) is 6.29. The largest absolute Gasteiger partial charge is 0.497 e. The number of methoxy groups -OCH3 is 1. The minimum Gasteiger partial charge on any atom is -0.497 e. The van der Waals surface area contributed by atoms with Crippen molar-refractivity contribution in [2.24, 2.45) is 0 Å². The molecule has 1 heterocycles. The average Bonchev–Trinajstić information content (AvgIpc) is 2.68. The van der Waals surface area contributed by atoms with Gasteiger partial charge in [-0.15, -0.1) is 0 Å². The van der Waals surface area contributed by atoms with Crippen LogP contribution in [0, 0.1) is 0 Å². The van der Waals surface area contributed by atoms with E-state index in [4.69, 9.17) is 21.1 Å². The Labute approximate surface area is 158 Å². The van der Waals surface area contributed by atoms with Crippen molar-refractivity contribution in [2.45, 2.75) is 0 Å². The zero-order valence-electron chi connectivity index (χ0n) is 14.6.